The number of carbonyl (C=O) groups excluding carboxylic acids is 1. The Morgan fingerprint density at radius 3 is 2.55 bits per heavy atom. The van der Waals surface area contributed by atoms with Gasteiger partial charge in [-0.2, -0.15) is 0 Å². The van der Waals surface area contributed by atoms with Gasteiger partial charge in [-0.25, -0.2) is 9.59 Å². The molecule has 0 bridgehead atoms. The molecule has 3 N–H and O–H groups in total. The van der Waals surface area contributed by atoms with Crippen molar-refractivity contribution in [1.29, 1.82) is 0 Å². The molecule has 3 rings (SSSR count). The fourth-order valence-corrected chi connectivity index (χ4v) is 3.26. The van der Waals surface area contributed by atoms with Gasteiger partial charge in [0.15, 0.2) is 6.04 Å². The normalized spacial score (nSPS) is 11.9. The topological polar surface area (TPSA) is 117 Å². The van der Waals surface area contributed by atoms with Crippen molar-refractivity contribution < 1.29 is 24.2 Å². The van der Waals surface area contributed by atoms with Crippen molar-refractivity contribution in [3.8, 4) is 5.75 Å². The van der Waals surface area contributed by atoms with Crippen molar-refractivity contribution in [3.05, 3.63) is 74.6 Å². The quantitative estimate of drug-likeness (QED) is 0.531. The standard InChI is InChI=1S/C21H18ClNO6/c1-11-13(21(28)29-17-10-16(24)15(22)9-14(11)17)7-8-18(25)23-19(20(26)27)12-5-3-2-4-6-12/h2-6,9-10,19,24H,7-8H2,1H3,(H,23,25)(H,26,27)/t19-/m0/s1. The SMILES string of the molecule is Cc1c(CCC(=O)N[C@H](C(=O)O)c2ccccc2)c(=O)oc2cc(O)c(Cl)cc12. The first kappa shape index (κ1) is 20.4. The Bertz CT molecular complexity index is 1140. The third-order valence-electron chi connectivity index (χ3n) is 4.64. The van der Waals surface area contributed by atoms with Crippen LogP contribution in [-0.4, -0.2) is 22.1 Å². The predicted molar refractivity (Wildman–Crippen MR) is 107 cm³/mol. The second-order valence-electron chi connectivity index (χ2n) is 6.54. The summed E-state index contributed by atoms with van der Waals surface area (Å²) in [6.07, 6.45) is -0.0326. The Kier molecular flexibility index (Phi) is 5.89. The number of carbonyl (C=O) groups is 2. The molecule has 1 atom stereocenters. The molecule has 1 amide bonds. The van der Waals surface area contributed by atoms with Gasteiger partial charge in [0, 0.05) is 23.4 Å². The number of aliphatic carboxylic acids is 1. The highest BCUT2D eigenvalue weighted by Gasteiger charge is 2.22. The van der Waals surface area contributed by atoms with Crippen molar-refractivity contribution >= 4 is 34.4 Å². The average molecular weight is 416 g/mol. The summed E-state index contributed by atoms with van der Waals surface area (Å²) in [5.41, 5.74) is 0.897. The van der Waals surface area contributed by atoms with Crippen LogP contribution in [-0.2, 0) is 16.0 Å². The summed E-state index contributed by atoms with van der Waals surface area (Å²) in [6.45, 7) is 1.70. The highest BCUT2D eigenvalue weighted by molar-refractivity contribution is 6.32. The minimum Gasteiger partial charge on any atom is -0.506 e. The highest BCUT2D eigenvalue weighted by atomic mass is 35.5. The van der Waals surface area contributed by atoms with Gasteiger partial charge >= 0.3 is 11.6 Å². The van der Waals surface area contributed by atoms with Crippen molar-refractivity contribution in [2.75, 3.05) is 0 Å². The molecule has 3 aromatic rings. The number of rotatable bonds is 6. The molecule has 0 radical (unpaired) electrons. The zero-order chi connectivity index (χ0) is 21.1. The molecule has 0 aliphatic rings. The number of aromatic hydroxyl groups is 1. The van der Waals surface area contributed by atoms with Gasteiger partial charge in [0.05, 0.1) is 5.02 Å². The van der Waals surface area contributed by atoms with E-state index in [1.807, 2.05) is 0 Å². The lowest BCUT2D eigenvalue weighted by atomic mass is 10.0. The van der Waals surface area contributed by atoms with Crippen LogP contribution in [0.1, 0.15) is 29.2 Å². The number of amides is 1. The number of nitrogens with one attached hydrogen (secondary N) is 1. The average Bonchev–Trinajstić information content (AvgIpc) is 2.68. The number of phenolic OH excluding ortho intramolecular Hbond substituents is 1. The third kappa shape index (κ3) is 4.41. The molecule has 0 spiro atoms. The molecule has 0 unspecified atom stereocenters. The first-order valence-electron chi connectivity index (χ1n) is 8.80. The van der Waals surface area contributed by atoms with E-state index in [1.54, 1.807) is 37.3 Å². The van der Waals surface area contributed by atoms with Crippen molar-refractivity contribution in [3.63, 3.8) is 0 Å². The Balaban J connectivity index is 1.79. The molecule has 0 aliphatic heterocycles. The molecule has 7 nitrogen and oxygen atoms in total. The summed E-state index contributed by atoms with van der Waals surface area (Å²) in [5, 5.41) is 22.2. The predicted octanol–water partition coefficient (Wildman–Crippen LogP) is 3.34. The van der Waals surface area contributed by atoms with E-state index in [0.717, 1.165) is 0 Å². The number of aryl methyl sites for hydroxylation is 1. The van der Waals surface area contributed by atoms with E-state index in [4.69, 9.17) is 16.0 Å². The molecule has 0 aliphatic carbocycles. The van der Waals surface area contributed by atoms with Gasteiger partial charge in [-0.1, -0.05) is 41.9 Å². The lowest BCUT2D eigenvalue weighted by Gasteiger charge is -2.15. The van der Waals surface area contributed by atoms with Crippen molar-refractivity contribution in [2.24, 2.45) is 0 Å². The Morgan fingerprint density at radius 2 is 1.90 bits per heavy atom. The van der Waals surface area contributed by atoms with Crippen LogP contribution in [0.3, 0.4) is 0 Å². The molecule has 29 heavy (non-hydrogen) atoms. The lowest BCUT2D eigenvalue weighted by molar-refractivity contribution is -0.142. The number of phenols is 1. The summed E-state index contributed by atoms with van der Waals surface area (Å²) in [7, 11) is 0. The summed E-state index contributed by atoms with van der Waals surface area (Å²) in [4.78, 5) is 36.1. The minimum absolute atomic E-state index is 0.0650. The molecule has 1 heterocycles. The van der Waals surface area contributed by atoms with Crippen molar-refractivity contribution in [2.45, 2.75) is 25.8 Å². The van der Waals surface area contributed by atoms with Crippen LogP contribution >= 0.6 is 11.6 Å². The molecule has 0 fully saturated rings. The van der Waals surface area contributed by atoms with E-state index in [-0.39, 0.29) is 29.2 Å². The van der Waals surface area contributed by atoms with Gasteiger partial charge in [0.1, 0.15) is 11.3 Å². The van der Waals surface area contributed by atoms with Crippen molar-refractivity contribution in [1.82, 2.24) is 5.32 Å². The van der Waals surface area contributed by atoms with Gasteiger partial charge in [-0.3, -0.25) is 4.79 Å². The number of hydrogen-bond acceptors (Lipinski definition) is 5. The molecular formula is C21H18ClNO6. The zero-order valence-corrected chi connectivity index (χ0v) is 16.2. The van der Waals surface area contributed by atoms with Gasteiger partial charge in [-0.15, -0.1) is 0 Å². The van der Waals surface area contributed by atoms with Gasteiger partial charge in [0.2, 0.25) is 5.91 Å². The Morgan fingerprint density at radius 1 is 1.21 bits per heavy atom. The molecular weight excluding hydrogens is 398 g/mol. The molecule has 1 aromatic heterocycles. The van der Waals surface area contributed by atoms with Crippen LogP contribution in [0.5, 0.6) is 5.75 Å². The maximum Gasteiger partial charge on any atom is 0.339 e. The van der Waals surface area contributed by atoms with E-state index >= 15 is 0 Å². The molecule has 150 valence electrons. The van der Waals surface area contributed by atoms with E-state index < -0.39 is 23.5 Å². The number of carboxylic acids is 1. The summed E-state index contributed by atoms with van der Waals surface area (Å²) >= 11 is 5.93. The largest absolute Gasteiger partial charge is 0.506 e. The molecule has 0 saturated heterocycles. The first-order chi connectivity index (χ1) is 13.8. The van der Waals surface area contributed by atoms with E-state index in [2.05, 4.69) is 5.32 Å². The molecule has 2 aromatic carbocycles. The van der Waals surface area contributed by atoms with Crippen LogP contribution in [0, 0.1) is 6.92 Å². The highest BCUT2D eigenvalue weighted by Crippen LogP contribution is 2.31. The van der Waals surface area contributed by atoms with Crippen LogP contribution in [0.4, 0.5) is 0 Å². The first-order valence-corrected chi connectivity index (χ1v) is 9.17. The Labute approximate surface area is 170 Å². The number of fused-ring (bicyclic) bond motifs is 1. The van der Waals surface area contributed by atoms with Gasteiger partial charge in [0.25, 0.3) is 0 Å². The van der Waals surface area contributed by atoms with Gasteiger partial charge in [-0.05, 0) is 30.5 Å². The maximum absolute atomic E-state index is 12.3. The van der Waals surface area contributed by atoms with Crippen LogP contribution in [0.2, 0.25) is 5.02 Å². The molecule has 0 saturated carbocycles. The van der Waals surface area contributed by atoms with E-state index in [1.165, 1.54) is 12.1 Å². The van der Waals surface area contributed by atoms with E-state index in [0.29, 0.717) is 22.1 Å². The number of halogens is 1. The second kappa shape index (κ2) is 8.36. The fourth-order valence-electron chi connectivity index (χ4n) is 3.09. The number of benzene rings is 2. The maximum atomic E-state index is 12.3. The second-order valence-corrected chi connectivity index (χ2v) is 6.95. The Hall–Kier alpha value is -3.32. The summed E-state index contributed by atoms with van der Waals surface area (Å²) in [5.74, 6) is -1.89. The summed E-state index contributed by atoms with van der Waals surface area (Å²) < 4.78 is 5.23. The van der Waals surface area contributed by atoms with Crippen LogP contribution in [0.25, 0.3) is 11.0 Å². The zero-order valence-electron chi connectivity index (χ0n) is 15.4. The number of carboxylic acid groups (broad SMARTS) is 1. The third-order valence-corrected chi connectivity index (χ3v) is 4.94. The smallest absolute Gasteiger partial charge is 0.339 e. The minimum atomic E-state index is -1.18. The fraction of sp³-hybridized carbons (Fsp3) is 0.190. The summed E-state index contributed by atoms with van der Waals surface area (Å²) in [6, 6.07) is 9.91. The van der Waals surface area contributed by atoms with E-state index in [9.17, 15) is 24.6 Å². The van der Waals surface area contributed by atoms with Crippen LogP contribution in [0.15, 0.2) is 51.7 Å². The molecule has 8 heteroatoms. The number of hydrogen-bond donors (Lipinski definition) is 3. The van der Waals surface area contributed by atoms with Crippen LogP contribution < -0.4 is 10.9 Å². The monoisotopic (exact) mass is 415 g/mol. The van der Waals surface area contributed by atoms with Gasteiger partial charge < -0.3 is 19.9 Å². The lowest BCUT2D eigenvalue weighted by Crippen LogP contribution is -2.34.